The van der Waals surface area contributed by atoms with E-state index in [-0.39, 0.29) is 20.1 Å². The minimum atomic E-state index is 0. The number of pyridine rings is 2. The van der Waals surface area contributed by atoms with Crippen molar-refractivity contribution < 1.29 is 24.5 Å². The fourth-order valence-electron chi connectivity index (χ4n) is 5.02. The van der Waals surface area contributed by atoms with Crippen molar-refractivity contribution in [3.05, 3.63) is 145 Å². The van der Waals surface area contributed by atoms with Crippen LogP contribution < -0.4 is 0 Å². The molecule has 4 heterocycles. The van der Waals surface area contributed by atoms with Crippen molar-refractivity contribution in [1.82, 2.24) is 19.5 Å². The Bertz CT molecular complexity index is 2070. The van der Waals surface area contributed by atoms with Crippen LogP contribution in [0.1, 0.15) is 5.69 Å². The van der Waals surface area contributed by atoms with E-state index in [2.05, 4.69) is 44.9 Å². The molecular formula is C36H24IrN4O-2. The van der Waals surface area contributed by atoms with Crippen LogP contribution in [0.2, 0.25) is 0 Å². The van der Waals surface area contributed by atoms with Gasteiger partial charge in [0.25, 0.3) is 0 Å². The molecule has 0 aliphatic heterocycles. The molecular weight excluding hydrogens is 697 g/mol. The fraction of sp³-hybridized carbons (Fsp3) is 0.0278. The van der Waals surface area contributed by atoms with Crippen molar-refractivity contribution in [1.29, 1.82) is 0 Å². The van der Waals surface area contributed by atoms with Gasteiger partial charge in [-0.2, -0.15) is 0 Å². The number of fused-ring (bicyclic) bond motifs is 4. The summed E-state index contributed by atoms with van der Waals surface area (Å²) in [6.07, 6.45) is 3.67. The minimum absolute atomic E-state index is 0. The van der Waals surface area contributed by atoms with Crippen molar-refractivity contribution in [2.24, 2.45) is 0 Å². The molecule has 6 heteroatoms. The normalized spacial score (nSPS) is 10.8. The van der Waals surface area contributed by atoms with E-state index in [1.54, 1.807) is 6.20 Å². The van der Waals surface area contributed by atoms with Crippen molar-refractivity contribution in [2.75, 3.05) is 0 Å². The Kier molecular flexibility index (Phi) is 7.74. The summed E-state index contributed by atoms with van der Waals surface area (Å²) >= 11 is 0. The number of aryl methyl sites for hydroxylation is 1. The molecule has 8 aromatic rings. The summed E-state index contributed by atoms with van der Waals surface area (Å²) in [5.41, 5.74) is 8.34. The molecule has 4 aromatic carbocycles. The van der Waals surface area contributed by atoms with Gasteiger partial charge in [-0.05, 0) is 42.9 Å². The summed E-state index contributed by atoms with van der Waals surface area (Å²) in [6.45, 7) is 1.98. The van der Waals surface area contributed by atoms with Crippen LogP contribution in [-0.2, 0) is 20.1 Å². The first-order valence-electron chi connectivity index (χ1n) is 13.4. The Labute approximate surface area is 256 Å². The molecule has 0 fully saturated rings. The van der Waals surface area contributed by atoms with E-state index in [4.69, 9.17) is 9.40 Å². The average Bonchev–Trinajstić information content (AvgIpc) is 3.61. The number of furan rings is 1. The molecule has 0 atom stereocenters. The predicted octanol–water partition coefficient (Wildman–Crippen LogP) is 8.64. The van der Waals surface area contributed by atoms with Crippen LogP contribution in [0, 0.1) is 19.1 Å². The molecule has 0 aliphatic rings. The van der Waals surface area contributed by atoms with Crippen molar-refractivity contribution in [3.63, 3.8) is 0 Å². The number of rotatable bonds is 3. The van der Waals surface area contributed by atoms with E-state index in [1.807, 2.05) is 110 Å². The molecule has 5 nitrogen and oxygen atoms in total. The van der Waals surface area contributed by atoms with E-state index in [9.17, 15) is 0 Å². The molecule has 0 spiro atoms. The molecule has 8 rings (SSSR count). The summed E-state index contributed by atoms with van der Waals surface area (Å²) < 4.78 is 8.37. The van der Waals surface area contributed by atoms with Gasteiger partial charge in [0.15, 0.2) is 0 Å². The zero-order valence-electron chi connectivity index (χ0n) is 22.7. The third-order valence-electron chi connectivity index (χ3n) is 6.90. The molecule has 205 valence electrons. The molecule has 42 heavy (non-hydrogen) atoms. The van der Waals surface area contributed by atoms with Crippen LogP contribution in [0.3, 0.4) is 0 Å². The number of benzene rings is 4. The molecule has 0 saturated carbocycles. The van der Waals surface area contributed by atoms with Gasteiger partial charge in [0, 0.05) is 43.1 Å². The van der Waals surface area contributed by atoms with E-state index in [0.29, 0.717) is 0 Å². The molecule has 0 saturated heterocycles. The quantitative estimate of drug-likeness (QED) is 0.172. The predicted molar refractivity (Wildman–Crippen MR) is 164 cm³/mol. The Morgan fingerprint density at radius 1 is 0.738 bits per heavy atom. The Morgan fingerprint density at radius 2 is 1.55 bits per heavy atom. The first-order valence-corrected chi connectivity index (χ1v) is 13.4. The van der Waals surface area contributed by atoms with Gasteiger partial charge < -0.3 is 14.0 Å². The van der Waals surface area contributed by atoms with Crippen LogP contribution in [0.25, 0.3) is 61.3 Å². The number of hydrogen-bond acceptors (Lipinski definition) is 4. The van der Waals surface area contributed by atoms with Gasteiger partial charge in [-0.25, -0.2) is 0 Å². The maximum atomic E-state index is 6.25. The molecule has 0 unspecified atom stereocenters. The number of imidazole rings is 1. The van der Waals surface area contributed by atoms with Crippen molar-refractivity contribution in [3.8, 4) is 28.3 Å². The smallest absolute Gasteiger partial charge is 0.120 e. The average molecular weight is 721 g/mol. The van der Waals surface area contributed by atoms with Gasteiger partial charge in [0.1, 0.15) is 5.58 Å². The number of nitrogens with zero attached hydrogens (tertiary/aromatic N) is 4. The summed E-state index contributed by atoms with van der Waals surface area (Å²) in [5.74, 6) is 0.795. The Hall–Kier alpha value is -4.90. The summed E-state index contributed by atoms with van der Waals surface area (Å²) in [7, 11) is 0. The Balaban J connectivity index is 0.000000205. The largest absolute Gasteiger partial charge is 0.501 e. The van der Waals surface area contributed by atoms with Gasteiger partial charge in [-0.1, -0.05) is 59.5 Å². The summed E-state index contributed by atoms with van der Waals surface area (Å²) in [6, 6.07) is 44.5. The van der Waals surface area contributed by atoms with Gasteiger partial charge in [-0.3, -0.25) is 9.97 Å². The van der Waals surface area contributed by atoms with E-state index in [0.717, 1.165) is 67.0 Å². The Morgan fingerprint density at radius 3 is 2.36 bits per heavy atom. The number of hydrogen-bond donors (Lipinski definition) is 0. The van der Waals surface area contributed by atoms with E-state index >= 15 is 0 Å². The second-order valence-corrected chi connectivity index (χ2v) is 9.61. The second kappa shape index (κ2) is 11.9. The first kappa shape index (κ1) is 27.3. The number of para-hydroxylation sites is 2. The van der Waals surface area contributed by atoms with Crippen LogP contribution in [-0.4, -0.2) is 19.5 Å². The van der Waals surface area contributed by atoms with Crippen LogP contribution in [0.5, 0.6) is 0 Å². The SMILES string of the molecule is Cc1cc2nc(-c3[c-]ccc4c3oc3ccccc34)n(-c3ccccc3)c2cn1.[Ir].[c-]1ccccc1-c1ccccn1. The zero-order chi connectivity index (χ0) is 27.6. The summed E-state index contributed by atoms with van der Waals surface area (Å²) in [5, 5.41) is 2.16. The van der Waals surface area contributed by atoms with Crippen molar-refractivity contribution in [2.45, 2.75) is 6.92 Å². The van der Waals surface area contributed by atoms with Gasteiger partial charge in [-0.15, -0.1) is 54.1 Å². The molecule has 0 amide bonds. The van der Waals surface area contributed by atoms with Gasteiger partial charge >= 0.3 is 0 Å². The molecule has 0 aliphatic carbocycles. The first-order chi connectivity index (χ1) is 20.3. The maximum Gasteiger partial charge on any atom is 0.120 e. The van der Waals surface area contributed by atoms with E-state index in [1.165, 1.54) is 0 Å². The zero-order valence-corrected chi connectivity index (χ0v) is 25.0. The number of aromatic nitrogens is 4. The van der Waals surface area contributed by atoms with Gasteiger partial charge in [0.2, 0.25) is 0 Å². The summed E-state index contributed by atoms with van der Waals surface area (Å²) in [4.78, 5) is 13.7. The van der Waals surface area contributed by atoms with Crippen LogP contribution in [0.4, 0.5) is 0 Å². The van der Waals surface area contributed by atoms with Crippen molar-refractivity contribution >= 4 is 33.0 Å². The van der Waals surface area contributed by atoms with Crippen LogP contribution in [0.15, 0.2) is 132 Å². The molecule has 1 radical (unpaired) electrons. The topological polar surface area (TPSA) is 56.7 Å². The third-order valence-corrected chi connectivity index (χ3v) is 6.90. The minimum Gasteiger partial charge on any atom is -0.501 e. The van der Waals surface area contributed by atoms with E-state index < -0.39 is 0 Å². The standard InChI is InChI=1S/C25H16N3O.C11H8N.Ir/c1-16-14-21-22(15-26-16)28(17-8-3-2-4-9-17)25(27-21)20-12-7-11-19-18-10-5-6-13-23(18)29-24(19)20;1-2-6-10(7-3-1)11-8-4-5-9-12-11;/h2-11,13-15H,1H3;1-6,8-9H;/q2*-1;. The third kappa shape index (κ3) is 5.14. The van der Waals surface area contributed by atoms with Crippen LogP contribution >= 0.6 is 0 Å². The fourth-order valence-corrected chi connectivity index (χ4v) is 5.02. The molecule has 0 N–H and O–H groups in total. The molecule has 4 aromatic heterocycles. The monoisotopic (exact) mass is 721 g/mol. The maximum absolute atomic E-state index is 6.25. The molecule has 0 bridgehead atoms. The second-order valence-electron chi connectivity index (χ2n) is 9.61. The van der Waals surface area contributed by atoms with Gasteiger partial charge in [0.05, 0.1) is 28.6 Å².